The lowest BCUT2D eigenvalue weighted by atomic mass is 10.1. The summed E-state index contributed by atoms with van der Waals surface area (Å²) in [5.74, 6) is -1.79. The molecule has 7 heteroatoms. The summed E-state index contributed by atoms with van der Waals surface area (Å²) in [4.78, 5) is 35.0. The van der Waals surface area contributed by atoms with Crippen molar-refractivity contribution in [2.45, 2.75) is 25.0 Å². The second-order valence-corrected chi connectivity index (χ2v) is 6.11. The molecule has 0 radical (unpaired) electrons. The molecule has 0 bridgehead atoms. The van der Waals surface area contributed by atoms with Crippen LogP contribution in [0.15, 0.2) is 48.5 Å². The number of alkyl carbamates (subject to hydrolysis) is 1. The van der Waals surface area contributed by atoms with Crippen molar-refractivity contribution in [3.8, 4) is 11.1 Å². The van der Waals surface area contributed by atoms with E-state index >= 15 is 0 Å². The Labute approximate surface area is 155 Å². The fraction of sp³-hybridized carbons (Fsp3) is 0.250. The summed E-state index contributed by atoms with van der Waals surface area (Å²) in [5, 5.41) is 11.2. The van der Waals surface area contributed by atoms with Gasteiger partial charge < -0.3 is 19.9 Å². The van der Waals surface area contributed by atoms with Crippen molar-refractivity contribution in [1.82, 2.24) is 5.32 Å². The summed E-state index contributed by atoms with van der Waals surface area (Å²) in [6, 6.07) is 14.1. The number of methoxy groups -OCH3 is 1. The molecule has 27 heavy (non-hydrogen) atoms. The normalized spacial score (nSPS) is 13.2. The van der Waals surface area contributed by atoms with Crippen LogP contribution in [-0.2, 0) is 19.1 Å². The summed E-state index contributed by atoms with van der Waals surface area (Å²) < 4.78 is 10.2. The molecule has 2 aromatic carbocycles. The number of carboxylic acids is 1. The highest BCUT2D eigenvalue weighted by atomic mass is 16.6. The number of nitrogens with one attached hydrogen (secondary N) is 1. The Hall–Kier alpha value is -3.35. The zero-order valence-electron chi connectivity index (χ0n) is 14.7. The van der Waals surface area contributed by atoms with E-state index in [1.165, 1.54) is 7.11 Å². The van der Waals surface area contributed by atoms with Gasteiger partial charge in [-0.05, 0) is 17.5 Å². The lowest BCUT2D eigenvalue weighted by molar-refractivity contribution is -0.143. The van der Waals surface area contributed by atoms with E-state index < -0.39 is 30.2 Å². The lowest BCUT2D eigenvalue weighted by Crippen LogP contribution is -2.42. The monoisotopic (exact) mass is 369 g/mol. The molecule has 0 heterocycles. The molecule has 0 aliphatic heterocycles. The van der Waals surface area contributed by atoms with E-state index in [-0.39, 0.29) is 12.8 Å². The third-order valence-electron chi connectivity index (χ3n) is 4.43. The Balaban J connectivity index is 1.77. The molecule has 140 valence electrons. The topological polar surface area (TPSA) is 102 Å². The molecule has 0 saturated carbocycles. The van der Waals surface area contributed by atoms with Crippen LogP contribution in [0.3, 0.4) is 0 Å². The number of aliphatic carboxylic acids is 1. The Morgan fingerprint density at radius 3 is 2.11 bits per heavy atom. The number of rotatable bonds is 6. The van der Waals surface area contributed by atoms with Gasteiger partial charge in [0.1, 0.15) is 6.04 Å². The maximum absolute atomic E-state index is 12.4. The van der Waals surface area contributed by atoms with Crippen molar-refractivity contribution in [2.24, 2.45) is 0 Å². The van der Waals surface area contributed by atoms with E-state index in [1.807, 2.05) is 48.5 Å². The van der Waals surface area contributed by atoms with Crippen LogP contribution >= 0.6 is 0 Å². The molecule has 1 aliphatic rings. The quantitative estimate of drug-likeness (QED) is 0.759. The number of esters is 1. The van der Waals surface area contributed by atoms with Gasteiger partial charge in [0, 0.05) is 17.5 Å². The first-order chi connectivity index (χ1) is 13.0. The minimum absolute atomic E-state index is 0.0883. The Bertz CT molecular complexity index is 833. The third kappa shape index (κ3) is 3.92. The number of carboxylic acid groups (broad SMARTS) is 1. The average Bonchev–Trinajstić information content (AvgIpc) is 2.98. The molecule has 2 aromatic rings. The van der Waals surface area contributed by atoms with Gasteiger partial charge in [-0.2, -0.15) is 0 Å². The van der Waals surface area contributed by atoms with Gasteiger partial charge >= 0.3 is 18.0 Å². The van der Waals surface area contributed by atoms with Crippen LogP contribution < -0.4 is 5.32 Å². The lowest BCUT2D eigenvalue weighted by Gasteiger charge is -2.19. The van der Waals surface area contributed by atoms with Crippen LogP contribution in [0.5, 0.6) is 0 Å². The fourth-order valence-electron chi connectivity index (χ4n) is 3.18. The predicted octanol–water partition coefficient (Wildman–Crippen LogP) is 2.89. The minimum atomic E-state index is -1.09. The van der Waals surface area contributed by atoms with Crippen molar-refractivity contribution >= 4 is 18.0 Å². The maximum Gasteiger partial charge on any atom is 0.408 e. The average molecular weight is 369 g/mol. The number of carbonyl (C=O) groups excluding carboxylic acids is 2. The molecular weight excluding hydrogens is 350 g/mol. The summed E-state index contributed by atoms with van der Waals surface area (Å²) in [7, 11) is 1.17. The smallest absolute Gasteiger partial charge is 0.408 e. The number of amides is 1. The second-order valence-electron chi connectivity index (χ2n) is 6.11. The van der Waals surface area contributed by atoms with Gasteiger partial charge in [0.05, 0.1) is 7.11 Å². The SMILES string of the molecule is COC(=O)[C@H](CCC(=O)O)NC(=O)OC1c2ccccc2-c2ccccc21. The molecule has 0 saturated heterocycles. The van der Waals surface area contributed by atoms with Gasteiger partial charge in [-0.3, -0.25) is 4.79 Å². The molecule has 7 nitrogen and oxygen atoms in total. The number of fused-ring (bicyclic) bond motifs is 3. The van der Waals surface area contributed by atoms with Crippen LogP contribution in [-0.4, -0.2) is 36.3 Å². The molecule has 1 aliphatic carbocycles. The summed E-state index contributed by atoms with van der Waals surface area (Å²) in [5.41, 5.74) is 3.69. The second kappa shape index (κ2) is 7.90. The van der Waals surface area contributed by atoms with Gasteiger partial charge in [-0.1, -0.05) is 48.5 Å². The molecule has 0 unspecified atom stereocenters. The highest BCUT2D eigenvalue weighted by molar-refractivity contribution is 5.83. The van der Waals surface area contributed by atoms with Crippen molar-refractivity contribution in [2.75, 3.05) is 7.11 Å². The van der Waals surface area contributed by atoms with Crippen LogP contribution in [0.25, 0.3) is 11.1 Å². The highest BCUT2D eigenvalue weighted by Crippen LogP contribution is 2.44. The molecule has 0 spiro atoms. The van der Waals surface area contributed by atoms with E-state index in [1.54, 1.807) is 0 Å². The summed E-state index contributed by atoms with van der Waals surface area (Å²) in [6.07, 6.45) is -1.79. The molecule has 2 N–H and O–H groups in total. The van der Waals surface area contributed by atoms with Crippen LogP contribution in [0.4, 0.5) is 4.79 Å². The number of hydrogen-bond donors (Lipinski definition) is 2. The van der Waals surface area contributed by atoms with Crippen molar-refractivity contribution in [1.29, 1.82) is 0 Å². The molecule has 1 atom stereocenters. The van der Waals surface area contributed by atoms with Crippen LogP contribution in [0.1, 0.15) is 30.1 Å². The zero-order chi connectivity index (χ0) is 19.4. The van der Waals surface area contributed by atoms with Crippen LogP contribution in [0, 0.1) is 0 Å². The molecule has 0 fully saturated rings. The third-order valence-corrected chi connectivity index (χ3v) is 4.43. The number of carbonyl (C=O) groups is 3. The van der Waals surface area contributed by atoms with Gasteiger partial charge in [0.2, 0.25) is 0 Å². The first-order valence-corrected chi connectivity index (χ1v) is 8.46. The number of benzene rings is 2. The van der Waals surface area contributed by atoms with Crippen molar-refractivity contribution < 1.29 is 29.0 Å². The van der Waals surface area contributed by atoms with E-state index in [0.29, 0.717) is 0 Å². The summed E-state index contributed by atoms with van der Waals surface area (Å²) in [6.45, 7) is 0. The van der Waals surface area contributed by atoms with E-state index in [2.05, 4.69) is 10.1 Å². The summed E-state index contributed by atoms with van der Waals surface area (Å²) >= 11 is 0. The first kappa shape index (κ1) is 18.4. The highest BCUT2D eigenvalue weighted by Gasteiger charge is 2.32. The largest absolute Gasteiger partial charge is 0.481 e. The molecule has 1 amide bonds. The fourth-order valence-corrected chi connectivity index (χ4v) is 3.18. The molecular formula is C20H19NO6. The van der Waals surface area contributed by atoms with E-state index in [0.717, 1.165) is 22.3 Å². The van der Waals surface area contributed by atoms with E-state index in [4.69, 9.17) is 9.84 Å². The van der Waals surface area contributed by atoms with Crippen LogP contribution in [0.2, 0.25) is 0 Å². The van der Waals surface area contributed by atoms with E-state index in [9.17, 15) is 14.4 Å². The Kier molecular flexibility index (Phi) is 5.40. The van der Waals surface area contributed by atoms with Gasteiger partial charge in [0.25, 0.3) is 0 Å². The first-order valence-electron chi connectivity index (χ1n) is 8.46. The van der Waals surface area contributed by atoms with Gasteiger partial charge in [-0.15, -0.1) is 0 Å². The van der Waals surface area contributed by atoms with Crippen molar-refractivity contribution in [3.05, 3.63) is 59.7 Å². The Morgan fingerprint density at radius 1 is 1.04 bits per heavy atom. The van der Waals surface area contributed by atoms with Crippen molar-refractivity contribution in [3.63, 3.8) is 0 Å². The molecule has 3 rings (SSSR count). The van der Waals surface area contributed by atoms with Gasteiger partial charge in [0.15, 0.2) is 6.10 Å². The standard InChI is InChI=1S/C20H19NO6/c1-26-19(24)16(10-11-17(22)23)21-20(25)27-18-14-8-4-2-6-12(14)13-7-3-5-9-15(13)18/h2-9,16,18H,10-11H2,1H3,(H,21,25)(H,22,23)/t16-/m0/s1. The maximum atomic E-state index is 12.4. The molecule has 0 aromatic heterocycles. The zero-order valence-corrected chi connectivity index (χ0v) is 14.7. The number of hydrogen-bond acceptors (Lipinski definition) is 5. The minimum Gasteiger partial charge on any atom is -0.481 e. The van der Waals surface area contributed by atoms with Gasteiger partial charge in [-0.25, -0.2) is 9.59 Å². The predicted molar refractivity (Wildman–Crippen MR) is 96.0 cm³/mol. The Morgan fingerprint density at radius 2 is 1.59 bits per heavy atom. The number of ether oxygens (including phenoxy) is 2.